The second-order valence-corrected chi connectivity index (χ2v) is 7.04. The lowest BCUT2D eigenvalue weighted by Gasteiger charge is -2.38. The molecule has 0 aliphatic carbocycles. The molecule has 146 valence electrons. The van der Waals surface area contributed by atoms with Gasteiger partial charge in [-0.25, -0.2) is 4.98 Å². The summed E-state index contributed by atoms with van der Waals surface area (Å²) in [6.45, 7) is 2.51. The van der Waals surface area contributed by atoms with Crippen molar-refractivity contribution in [3.05, 3.63) is 53.7 Å². The van der Waals surface area contributed by atoms with E-state index in [0.29, 0.717) is 12.2 Å². The first-order valence-electron chi connectivity index (χ1n) is 9.09. The number of amides is 3. The molecule has 0 spiro atoms. The van der Waals surface area contributed by atoms with E-state index in [-0.39, 0.29) is 23.3 Å². The summed E-state index contributed by atoms with van der Waals surface area (Å²) in [5.74, 6) is -2.01. The molecule has 1 aliphatic heterocycles. The third kappa shape index (κ3) is 4.11. The van der Waals surface area contributed by atoms with Crippen LogP contribution in [0.15, 0.2) is 42.6 Å². The number of carbonyl (C=O) groups excluding carboxylic acids is 3. The SMILES string of the molecule is C[C@H]1CC[C@H](c2ccc(N)cc2)N(C(=O)C(=O)Nc2ncccc2C(N)=O)C1. The van der Waals surface area contributed by atoms with Gasteiger partial charge < -0.3 is 21.7 Å². The molecule has 2 aromatic rings. The van der Waals surface area contributed by atoms with Gasteiger partial charge in [0.2, 0.25) is 0 Å². The van der Waals surface area contributed by atoms with E-state index < -0.39 is 17.7 Å². The molecule has 3 rings (SSSR count). The van der Waals surface area contributed by atoms with Crippen molar-refractivity contribution in [1.29, 1.82) is 0 Å². The maximum absolute atomic E-state index is 12.9. The molecule has 0 radical (unpaired) electrons. The molecular formula is C20H23N5O3. The highest BCUT2D eigenvalue weighted by Crippen LogP contribution is 2.33. The summed E-state index contributed by atoms with van der Waals surface area (Å²) in [6, 6.07) is 10.1. The van der Waals surface area contributed by atoms with Crippen molar-refractivity contribution in [2.45, 2.75) is 25.8 Å². The van der Waals surface area contributed by atoms with Crippen LogP contribution in [-0.4, -0.2) is 34.2 Å². The molecule has 0 unspecified atom stereocenters. The van der Waals surface area contributed by atoms with Gasteiger partial charge in [-0.1, -0.05) is 19.1 Å². The number of hydrogen-bond donors (Lipinski definition) is 3. The Balaban J connectivity index is 1.82. The van der Waals surface area contributed by atoms with Crippen LogP contribution < -0.4 is 16.8 Å². The van der Waals surface area contributed by atoms with Gasteiger partial charge in [0, 0.05) is 18.4 Å². The van der Waals surface area contributed by atoms with Crippen molar-refractivity contribution in [1.82, 2.24) is 9.88 Å². The number of nitrogens with one attached hydrogen (secondary N) is 1. The van der Waals surface area contributed by atoms with E-state index in [2.05, 4.69) is 10.3 Å². The van der Waals surface area contributed by atoms with Gasteiger partial charge >= 0.3 is 11.8 Å². The molecule has 2 heterocycles. The summed E-state index contributed by atoms with van der Waals surface area (Å²) in [6.07, 6.45) is 3.11. The minimum atomic E-state index is -0.851. The second kappa shape index (κ2) is 8.08. The summed E-state index contributed by atoms with van der Waals surface area (Å²) in [7, 11) is 0. The highest BCUT2D eigenvalue weighted by Gasteiger charge is 2.34. The van der Waals surface area contributed by atoms with Crippen molar-refractivity contribution in [2.75, 3.05) is 17.6 Å². The number of nitrogens with zero attached hydrogens (tertiary/aromatic N) is 2. The van der Waals surface area contributed by atoms with Crippen LogP contribution in [0.2, 0.25) is 0 Å². The summed E-state index contributed by atoms with van der Waals surface area (Å²) >= 11 is 0. The highest BCUT2D eigenvalue weighted by atomic mass is 16.2. The van der Waals surface area contributed by atoms with Crippen molar-refractivity contribution in [3.8, 4) is 0 Å². The molecule has 8 nitrogen and oxygen atoms in total. The van der Waals surface area contributed by atoms with Crippen LogP contribution in [0.3, 0.4) is 0 Å². The molecular weight excluding hydrogens is 358 g/mol. The third-order valence-corrected chi connectivity index (χ3v) is 4.90. The van der Waals surface area contributed by atoms with Gasteiger partial charge in [-0.2, -0.15) is 0 Å². The smallest absolute Gasteiger partial charge is 0.315 e. The Morgan fingerprint density at radius 1 is 1.14 bits per heavy atom. The molecule has 2 atom stereocenters. The Kier molecular flexibility index (Phi) is 5.58. The van der Waals surface area contributed by atoms with Gasteiger partial charge in [-0.3, -0.25) is 14.4 Å². The summed E-state index contributed by atoms with van der Waals surface area (Å²) < 4.78 is 0. The topological polar surface area (TPSA) is 131 Å². The number of pyridine rings is 1. The van der Waals surface area contributed by atoms with Crippen LogP contribution in [0, 0.1) is 5.92 Å². The summed E-state index contributed by atoms with van der Waals surface area (Å²) in [4.78, 5) is 42.6. The Morgan fingerprint density at radius 2 is 1.86 bits per heavy atom. The number of anilines is 2. The number of primary amides is 1. The van der Waals surface area contributed by atoms with Crippen LogP contribution in [0.25, 0.3) is 0 Å². The van der Waals surface area contributed by atoms with E-state index in [9.17, 15) is 14.4 Å². The van der Waals surface area contributed by atoms with E-state index in [1.54, 1.807) is 17.0 Å². The van der Waals surface area contributed by atoms with E-state index in [1.807, 2.05) is 19.1 Å². The van der Waals surface area contributed by atoms with Crippen LogP contribution in [-0.2, 0) is 9.59 Å². The second-order valence-electron chi connectivity index (χ2n) is 7.04. The number of nitrogen functional groups attached to an aromatic ring is 1. The fourth-order valence-corrected chi connectivity index (χ4v) is 3.44. The maximum atomic E-state index is 12.9. The molecule has 1 aliphatic rings. The molecule has 1 fully saturated rings. The fourth-order valence-electron chi connectivity index (χ4n) is 3.44. The molecule has 8 heteroatoms. The van der Waals surface area contributed by atoms with Gasteiger partial charge in [-0.05, 0) is 48.6 Å². The molecule has 1 aromatic heterocycles. The number of carbonyl (C=O) groups is 3. The fraction of sp³-hybridized carbons (Fsp3) is 0.300. The first kappa shape index (κ1) is 19.3. The third-order valence-electron chi connectivity index (χ3n) is 4.90. The number of likely N-dealkylation sites (tertiary alicyclic amines) is 1. The lowest BCUT2D eigenvalue weighted by Crippen LogP contribution is -2.46. The van der Waals surface area contributed by atoms with Crippen LogP contribution in [0.5, 0.6) is 0 Å². The predicted molar refractivity (Wildman–Crippen MR) is 105 cm³/mol. The van der Waals surface area contributed by atoms with E-state index in [1.165, 1.54) is 18.3 Å². The molecule has 28 heavy (non-hydrogen) atoms. The Labute approximate surface area is 162 Å². The number of aromatic nitrogens is 1. The largest absolute Gasteiger partial charge is 0.399 e. The summed E-state index contributed by atoms with van der Waals surface area (Å²) in [5.41, 5.74) is 12.7. The molecule has 1 aromatic carbocycles. The van der Waals surface area contributed by atoms with E-state index in [4.69, 9.17) is 11.5 Å². The van der Waals surface area contributed by atoms with Gasteiger partial charge in [0.1, 0.15) is 5.82 Å². The first-order valence-corrected chi connectivity index (χ1v) is 9.09. The van der Waals surface area contributed by atoms with Crippen molar-refractivity contribution < 1.29 is 14.4 Å². The summed E-state index contributed by atoms with van der Waals surface area (Å²) in [5, 5.41) is 2.42. The zero-order valence-electron chi connectivity index (χ0n) is 15.6. The van der Waals surface area contributed by atoms with Crippen molar-refractivity contribution in [2.24, 2.45) is 11.7 Å². The quantitative estimate of drug-likeness (QED) is 0.550. The zero-order valence-corrected chi connectivity index (χ0v) is 15.6. The molecule has 0 saturated carbocycles. The van der Waals surface area contributed by atoms with E-state index >= 15 is 0 Å². The number of piperidine rings is 1. The highest BCUT2D eigenvalue weighted by molar-refractivity contribution is 6.39. The predicted octanol–water partition coefficient (Wildman–Crippen LogP) is 1.70. The van der Waals surface area contributed by atoms with Crippen molar-refractivity contribution in [3.63, 3.8) is 0 Å². The first-order chi connectivity index (χ1) is 13.4. The van der Waals surface area contributed by atoms with Crippen LogP contribution in [0.4, 0.5) is 11.5 Å². The Morgan fingerprint density at radius 3 is 2.54 bits per heavy atom. The monoisotopic (exact) mass is 381 g/mol. The molecule has 5 N–H and O–H groups in total. The Hall–Kier alpha value is -3.42. The lowest BCUT2D eigenvalue weighted by atomic mass is 9.89. The van der Waals surface area contributed by atoms with Gasteiger partial charge in [-0.15, -0.1) is 0 Å². The lowest BCUT2D eigenvalue weighted by molar-refractivity contribution is -0.146. The zero-order chi connectivity index (χ0) is 20.3. The number of nitrogens with two attached hydrogens (primary N) is 2. The van der Waals surface area contributed by atoms with Gasteiger partial charge in [0.05, 0.1) is 11.6 Å². The van der Waals surface area contributed by atoms with Crippen molar-refractivity contribution >= 4 is 29.2 Å². The normalized spacial score (nSPS) is 19.1. The number of benzene rings is 1. The maximum Gasteiger partial charge on any atom is 0.315 e. The average Bonchev–Trinajstić information content (AvgIpc) is 2.68. The molecule has 0 bridgehead atoms. The van der Waals surface area contributed by atoms with Gasteiger partial charge in [0.15, 0.2) is 0 Å². The minimum absolute atomic E-state index is 0.0255. The van der Waals surface area contributed by atoms with Crippen LogP contribution >= 0.6 is 0 Å². The van der Waals surface area contributed by atoms with Gasteiger partial charge in [0.25, 0.3) is 5.91 Å². The standard InChI is InChI=1S/C20H23N5O3/c1-12-4-9-16(13-5-7-14(21)8-6-13)25(11-12)20(28)19(27)24-18-15(17(22)26)3-2-10-23-18/h2-3,5-8,10,12,16H,4,9,11,21H2,1H3,(H2,22,26)(H,23,24,27)/t12-,16+/m0/s1. The Bertz CT molecular complexity index is 897. The molecule has 3 amide bonds. The van der Waals surface area contributed by atoms with E-state index in [0.717, 1.165) is 18.4 Å². The molecule has 1 saturated heterocycles. The minimum Gasteiger partial charge on any atom is -0.399 e. The average molecular weight is 381 g/mol. The number of hydrogen-bond acceptors (Lipinski definition) is 5. The van der Waals surface area contributed by atoms with Crippen LogP contribution in [0.1, 0.15) is 41.7 Å². The number of rotatable bonds is 3.